The van der Waals surface area contributed by atoms with E-state index in [1.54, 1.807) is 12.1 Å². The molecule has 0 radical (unpaired) electrons. The summed E-state index contributed by atoms with van der Waals surface area (Å²) in [5.41, 5.74) is 0.217. The maximum atomic E-state index is 11.9. The summed E-state index contributed by atoms with van der Waals surface area (Å²) in [5, 5.41) is 7.73. The van der Waals surface area contributed by atoms with Gasteiger partial charge in [-0.2, -0.15) is 0 Å². The predicted octanol–water partition coefficient (Wildman–Crippen LogP) is 1.62. The Morgan fingerprint density at radius 1 is 1.33 bits per heavy atom. The average molecular weight is 312 g/mol. The topological polar surface area (TPSA) is 98.5 Å². The number of benzene rings is 1. The van der Waals surface area contributed by atoms with Gasteiger partial charge in [-0.15, -0.1) is 0 Å². The molecule has 1 fully saturated rings. The monoisotopic (exact) mass is 312 g/mol. The van der Waals surface area contributed by atoms with E-state index in [2.05, 4.69) is 5.32 Å². The molecule has 1 aliphatic rings. The number of amides is 1. The highest BCUT2D eigenvalue weighted by atomic mass is 32.2. The third-order valence-corrected chi connectivity index (χ3v) is 4.40. The standard InChI is InChI=1S/C14H20N2O4S/c15-21(18,19)13-7-2-1-6-12(13)16-14(17)9-8-11-5-3-4-10-20-11/h1-2,6-7,11H,3-5,8-10H2,(H,16,17)(H2,15,18,19). The quantitative estimate of drug-likeness (QED) is 0.863. The van der Waals surface area contributed by atoms with E-state index in [0.717, 1.165) is 25.9 Å². The second-order valence-corrected chi connectivity index (χ2v) is 6.65. The number of sulfonamides is 1. The maximum Gasteiger partial charge on any atom is 0.240 e. The number of nitrogens with one attached hydrogen (secondary N) is 1. The molecule has 0 saturated carbocycles. The molecular weight excluding hydrogens is 292 g/mol. The molecule has 116 valence electrons. The molecular formula is C14H20N2O4S. The maximum absolute atomic E-state index is 11.9. The largest absolute Gasteiger partial charge is 0.378 e. The first-order valence-corrected chi connectivity index (χ1v) is 8.55. The first-order chi connectivity index (χ1) is 9.97. The average Bonchev–Trinajstić information content (AvgIpc) is 2.46. The molecule has 0 bridgehead atoms. The van der Waals surface area contributed by atoms with Crippen LogP contribution in [0.4, 0.5) is 5.69 Å². The van der Waals surface area contributed by atoms with Crippen LogP contribution in [0.5, 0.6) is 0 Å². The predicted molar refractivity (Wildman–Crippen MR) is 79.3 cm³/mol. The fraction of sp³-hybridized carbons (Fsp3) is 0.500. The van der Waals surface area contributed by atoms with E-state index >= 15 is 0 Å². The molecule has 6 nitrogen and oxygen atoms in total. The summed E-state index contributed by atoms with van der Waals surface area (Å²) < 4.78 is 28.5. The van der Waals surface area contributed by atoms with Gasteiger partial charge in [0.25, 0.3) is 0 Å². The van der Waals surface area contributed by atoms with E-state index in [4.69, 9.17) is 9.88 Å². The van der Waals surface area contributed by atoms with Gasteiger partial charge in [-0.1, -0.05) is 12.1 Å². The summed E-state index contributed by atoms with van der Waals surface area (Å²) in [4.78, 5) is 11.9. The van der Waals surface area contributed by atoms with Crippen molar-refractivity contribution in [3.8, 4) is 0 Å². The third-order valence-electron chi connectivity index (χ3n) is 3.44. The van der Waals surface area contributed by atoms with Crippen molar-refractivity contribution in [1.82, 2.24) is 0 Å². The van der Waals surface area contributed by atoms with Crippen molar-refractivity contribution in [3.05, 3.63) is 24.3 Å². The van der Waals surface area contributed by atoms with Crippen molar-refractivity contribution in [1.29, 1.82) is 0 Å². The molecule has 1 aromatic rings. The summed E-state index contributed by atoms with van der Waals surface area (Å²) in [5.74, 6) is -0.236. The van der Waals surface area contributed by atoms with Crippen LogP contribution >= 0.6 is 0 Å². The molecule has 0 spiro atoms. The minimum absolute atomic E-state index is 0.0766. The van der Waals surface area contributed by atoms with Crippen molar-refractivity contribution in [2.75, 3.05) is 11.9 Å². The number of ether oxygens (including phenoxy) is 1. The van der Waals surface area contributed by atoms with E-state index < -0.39 is 10.0 Å². The SMILES string of the molecule is NS(=O)(=O)c1ccccc1NC(=O)CCC1CCCCO1. The Bertz CT molecular complexity index is 595. The second-order valence-electron chi connectivity index (χ2n) is 5.12. The van der Waals surface area contributed by atoms with Gasteiger partial charge in [0.15, 0.2) is 0 Å². The number of rotatable bonds is 5. The highest BCUT2D eigenvalue weighted by molar-refractivity contribution is 7.89. The summed E-state index contributed by atoms with van der Waals surface area (Å²) in [6, 6.07) is 6.10. The van der Waals surface area contributed by atoms with Crippen molar-refractivity contribution in [2.24, 2.45) is 5.14 Å². The van der Waals surface area contributed by atoms with Gasteiger partial charge in [-0.3, -0.25) is 4.79 Å². The van der Waals surface area contributed by atoms with Crippen molar-refractivity contribution in [3.63, 3.8) is 0 Å². The molecule has 1 aromatic carbocycles. The number of primary sulfonamides is 1. The highest BCUT2D eigenvalue weighted by Gasteiger charge is 2.17. The Hall–Kier alpha value is -1.44. The van der Waals surface area contributed by atoms with E-state index in [1.807, 2.05) is 0 Å². The van der Waals surface area contributed by atoms with Gasteiger partial charge in [0.1, 0.15) is 4.90 Å². The summed E-state index contributed by atoms with van der Waals surface area (Å²) in [6.45, 7) is 0.751. The van der Waals surface area contributed by atoms with Gasteiger partial charge in [-0.25, -0.2) is 13.6 Å². The zero-order valence-corrected chi connectivity index (χ0v) is 12.6. The van der Waals surface area contributed by atoms with E-state index in [1.165, 1.54) is 12.1 Å². The van der Waals surface area contributed by atoms with Crippen molar-refractivity contribution >= 4 is 21.6 Å². The van der Waals surface area contributed by atoms with Gasteiger partial charge >= 0.3 is 0 Å². The van der Waals surface area contributed by atoms with Crippen LogP contribution in [-0.4, -0.2) is 27.0 Å². The number of carbonyl (C=O) groups is 1. The zero-order chi connectivity index (χ0) is 15.3. The second kappa shape index (κ2) is 7.02. The Morgan fingerprint density at radius 2 is 2.10 bits per heavy atom. The lowest BCUT2D eigenvalue weighted by Gasteiger charge is -2.22. The minimum atomic E-state index is -3.85. The van der Waals surface area contributed by atoms with Crippen LogP contribution in [-0.2, 0) is 19.6 Å². The van der Waals surface area contributed by atoms with Gasteiger partial charge in [0, 0.05) is 13.0 Å². The lowest BCUT2D eigenvalue weighted by molar-refractivity contribution is -0.117. The van der Waals surface area contributed by atoms with Crippen LogP contribution in [0.3, 0.4) is 0 Å². The zero-order valence-electron chi connectivity index (χ0n) is 11.7. The number of carbonyl (C=O) groups excluding carboxylic acids is 1. The Balaban J connectivity index is 1.93. The van der Waals surface area contributed by atoms with Crippen LogP contribution in [0.25, 0.3) is 0 Å². The van der Waals surface area contributed by atoms with Gasteiger partial charge in [-0.05, 0) is 37.8 Å². The van der Waals surface area contributed by atoms with Crippen molar-refractivity contribution in [2.45, 2.75) is 43.1 Å². The van der Waals surface area contributed by atoms with Crippen LogP contribution in [0.15, 0.2) is 29.2 Å². The molecule has 1 amide bonds. The summed E-state index contributed by atoms with van der Waals surface area (Å²) in [7, 11) is -3.85. The minimum Gasteiger partial charge on any atom is -0.378 e. The van der Waals surface area contributed by atoms with Crippen LogP contribution in [0, 0.1) is 0 Å². The summed E-state index contributed by atoms with van der Waals surface area (Å²) in [6.07, 6.45) is 4.23. The molecule has 1 atom stereocenters. The molecule has 1 unspecified atom stereocenters. The normalized spacial score (nSPS) is 19.2. The molecule has 3 N–H and O–H groups in total. The lowest BCUT2D eigenvalue weighted by atomic mass is 10.0. The highest BCUT2D eigenvalue weighted by Crippen LogP contribution is 2.21. The van der Waals surface area contributed by atoms with E-state index in [-0.39, 0.29) is 22.6 Å². The smallest absolute Gasteiger partial charge is 0.240 e. The van der Waals surface area contributed by atoms with Crippen LogP contribution < -0.4 is 10.5 Å². The van der Waals surface area contributed by atoms with Crippen LogP contribution in [0.1, 0.15) is 32.1 Å². The molecule has 0 aromatic heterocycles. The number of hydrogen-bond donors (Lipinski definition) is 2. The first-order valence-electron chi connectivity index (χ1n) is 7.00. The van der Waals surface area contributed by atoms with E-state index in [0.29, 0.717) is 12.8 Å². The number of nitrogens with two attached hydrogens (primary N) is 1. The molecule has 1 saturated heterocycles. The first kappa shape index (κ1) is 15.9. The van der Waals surface area contributed by atoms with Gasteiger partial charge < -0.3 is 10.1 Å². The number of anilines is 1. The molecule has 1 heterocycles. The van der Waals surface area contributed by atoms with E-state index in [9.17, 15) is 13.2 Å². The fourth-order valence-electron chi connectivity index (χ4n) is 2.36. The summed E-state index contributed by atoms with van der Waals surface area (Å²) >= 11 is 0. The lowest BCUT2D eigenvalue weighted by Crippen LogP contribution is -2.22. The Labute approximate surface area is 124 Å². The Kier molecular flexibility index (Phi) is 5.33. The number of hydrogen-bond acceptors (Lipinski definition) is 4. The van der Waals surface area contributed by atoms with Gasteiger partial charge in [0.2, 0.25) is 15.9 Å². The molecule has 0 aliphatic carbocycles. The molecule has 7 heteroatoms. The fourth-order valence-corrected chi connectivity index (χ4v) is 3.05. The third kappa shape index (κ3) is 4.80. The van der Waals surface area contributed by atoms with Crippen molar-refractivity contribution < 1.29 is 17.9 Å². The number of para-hydroxylation sites is 1. The Morgan fingerprint density at radius 3 is 2.76 bits per heavy atom. The van der Waals surface area contributed by atoms with Gasteiger partial charge in [0.05, 0.1) is 11.8 Å². The molecule has 21 heavy (non-hydrogen) atoms. The molecule has 1 aliphatic heterocycles. The van der Waals surface area contributed by atoms with Crippen LogP contribution in [0.2, 0.25) is 0 Å². The molecule has 2 rings (SSSR count).